The molecule has 8 heteroatoms. The van der Waals surface area contributed by atoms with Crippen LogP contribution in [0.1, 0.15) is 22.3 Å². The molecule has 0 aliphatic carbocycles. The maximum absolute atomic E-state index is 13.3. The van der Waals surface area contributed by atoms with Crippen LogP contribution in [0.3, 0.4) is 0 Å². The highest BCUT2D eigenvalue weighted by molar-refractivity contribution is 7.99. The average Bonchev–Trinajstić information content (AvgIpc) is 2.84. The zero-order chi connectivity index (χ0) is 23.3. The molecule has 0 bridgehead atoms. The van der Waals surface area contributed by atoms with Crippen molar-refractivity contribution in [1.29, 1.82) is 0 Å². The summed E-state index contributed by atoms with van der Waals surface area (Å²) in [5, 5.41) is 2.87. The molecule has 0 fully saturated rings. The van der Waals surface area contributed by atoms with Crippen LogP contribution in [0.5, 0.6) is 0 Å². The molecule has 0 saturated carbocycles. The molecule has 172 valence electrons. The van der Waals surface area contributed by atoms with Crippen LogP contribution in [0.25, 0.3) is 0 Å². The molecule has 0 radical (unpaired) electrons. The van der Waals surface area contributed by atoms with Gasteiger partial charge in [-0.2, -0.15) is 0 Å². The highest BCUT2D eigenvalue weighted by Crippen LogP contribution is 2.32. The number of methoxy groups -OCH3 is 1. The summed E-state index contributed by atoms with van der Waals surface area (Å²) in [6.07, 6.45) is 1.66. The summed E-state index contributed by atoms with van der Waals surface area (Å²) in [7, 11) is -2.04. The van der Waals surface area contributed by atoms with Gasteiger partial charge in [-0.05, 0) is 60.9 Å². The van der Waals surface area contributed by atoms with E-state index in [0.29, 0.717) is 24.4 Å². The molecule has 1 heterocycles. The lowest BCUT2D eigenvalue weighted by molar-refractivity contribution is 0.102. The first-order valence-electron chi connectivity index (χ1n) is 10.7. The predicted molar refractivity (Wildman–Crippen MR) is 133 cm³/mol. The number of amides is 1. The number of hydrogen-bond acceptors (Lipinski definition) is 5. The molecular formula is C25H26N2O4S2. The van der Waals surface area contributed by atoms with Crippen LogP contribution in [0.2, 0.25) is 0 Å². The van der Waals surface area contributed by atoms with Gasteiger partial charge in [0.05, 0.1) is 22.8 Å². The molecule has 3 aromatic rings. The number of nitrogens with one attached hydrogen (secondary N) is 1. The van der Waals surface area contributed by atoms with E-state index >= 15 is 0 Å². The summed E-state index contributed by atoms with van der Waals surface area (Å²) >= 11 is 1.56. The highest BCUT2D eigenvalue weighted by atomic mass is 32.2. The number of aryl methyl sites for hydroxylation is 1. The van der Waals surface area contributed by atoms with E-state index in [1.54, 1.807) is 49.2 Å². The van der Waals surface area contributed by atoms with E-state index in [1.807, 2.05) is 42.5 Å². The molecule has 1 aliphatic heterocycles. The highest BCUT2D eigenvalue weighted by Gasteiger charge is 2.28. The van der Waals surface area contributed by atoms with Crippen molar-refractivity contribution in [1.82, 2.24) is 0 Å². The van der Waals surface area contributed by atoms with Crippen LogP contribution >= 0.6 is 11.8 Å². The lowest BCUT2D eigenvalue weighted by Crippen LogP contribution is -2.35. The van der Waals surface area contributed by atoms with E-state index in [1.165, 1.54) is 4.31 Å². The zero-order valence-electron chi connectivity index (χ0n) is 18.4. The number of nitrogens with zero attached hydrogens (tertiary/aromatic N) is 1. The number of sulfonamides is 1. The van der Waals surface area contributed by atoms with Gasteiger partial charge in [0.25, 0.3) is 15.9 Å². The van der Waals surface area contributed by atoms with Gasteiger partial charge < -0.3 is 10.1 Å². The van der Waals surface area contributed by atoms with Gasteiger partial charge in [-0.1, -0.05) is 30.3 Å². The number of anilines is 2. The monoisotopic (exact) mass is 482 g/mol. The van der Waals surface area contributed by atoms with Crippen LogP contribution < -0.4 is 9.62 Å². The second-order valence-corrected chi connectivity index (χ2v) is 10.6. The van der Waals surface area contributed by atoms with E-state index in [0.717, 1.165) is 34.7 Å². The molecule has 0 unspecified atom stereocenters. The third kappa shape index (κ3) is 5.24. The third-order valence-electron chi connectivity index (χ3n) is 5.44. The maximum Gasteiger partial charge on any atom is 0.264 e. The van der Waals surface area contributed by atoms with Crippen LogP contribution in [0, 0.1) is 0 Å². The molecule has 1 N–H and O–H groups in total. The number of para-hydroxylation sites is 1. The van der Waals surface area contributed by atoms with Crippen molar-refractivity contribution in [3.05, 3.63) is 83.9 Å². The largest absolute Gasteiger partial charge is 0.384 e. The number of hydrogen-bond donors (Lipinski definition) is 1. The molecule has 3 aromatic carbocycles. The lowest BCUT2D eigenvalue weighted by atomic mass is 10.0. The molecule has 0 aromatic heterocycles. The summed E-state index contributed by atoms with van der Waals surface area (Å²) in [5.74, 6) is 0.503. The van der Waals surface area contributed by atoms with Gasteiger partial charge in [0, 0.05) is 30.0 Å². The van der Waals surface area contributed by atoms with Gasteiger partial charge in [-0.25, -0.2) is 8.42 Å². The van der Waals surface area contributed by atoms with E-state index in [4.69, 9.17) is 4.74 Å². The van der Waals surface area contributed by atoms with Crippen molar-refractivity contribution in [3.8, 4) is 0 Å². The molecule has 0 saturated heterocycles. The van der Waals surface area contributed by atoms with Crippen LogP contribution in [-0.4, -0.2) is 40.3 Å². The first kappa shape index (κ1) is 23.4. The van der Waals surface area contributed by atoms with Crippen LogP contribution in [0.15, 0.2) is 82.6 Å². The Hall–Kier alpha value is -2.81. The lowest BCUT2D eigenvalue weighted by Gasteiger charge is -2.30. The van der Waals surface area contributed by atoms with Crippen LogP contribution in [-0.2, 0) is 21.2 Å². The number of fused-ring (bicyclic) bond motifs is 1. The Balaban J connectivity index is 1.50. The second-order valence-electron chi connectivity index (χ2n) is 7.63. The minimum atomic E-state index is -3.69. The van der Waals surface area contributed by atoms with Crippen molar-refractivity contribution >= 4 is 39.1 Å². The van der Waals surface area contributed by atoms with Gasteiger partial charge in [0.1, 0.15) is 0 Å². The second kappa shape index (κ2) is 10.4. The number of ether oxygens (including phenoxy) is 1. The van der Waals surface area contributed by atoms with Gasteiger partial charge in [-0.15, -0.1) is 11.8 Å². The number of benzene rings is 3. The summed E-state index contributed by atoms with van der Waals surface area (Å²) in [6.45, 7) is 1.05. The predicted octanol–water partition coefficient (Wildman–Crippen LogP) is 4.82. The van der Waals surface area contributed by atoms with Gasteiger partial charge >= 0.3 is 0 Å². The molecule has 0 spiro atoms. The Bertz CT molecular complexity index is 1230. The standard InChI is InChI=1S/C25H26N2O4S2/c1-31-17-18-32-24-11-5-3-9-22(24)25(28)26-20-12-14-21(15-13-20)33(29,30)27-16-6-8-19-7-2-4-10-23(19)27/h2-5,7,9-15H,6,8,16-18H2,1H3,(H,26,28). The topological polar surface area (TPSA) is 75.7 Å². The number of rotatable bonds is 8. The van der Waals surface area contributed by atoms with Gasteiger partial charge in [-0.3, -0.25) is 9.10 Å². The Morgan fingerprint density at radius 2 is 1.76 bits per heavy atom. The van der Waals surface area contributed by atoms with E-state index < -0.39 is 10.0 Å². The number of carbonyl (C=O) groups is 1. The van der Waals surface area contributed by atoms with E-state index in [9.17, 15) is 13.2 Å². The van der Waals surface area contributed by atoms with Crippen molar-refractivity contribution in [2.75, 3.05) is 35.6 Å². The minimum Gasteiger partial charge on any atom is -0.384 e. The Morgan fingerprint density at radius 3 is 2.55 bits per heavy atom. The molecule has 6 nitrogen and oxygen atoms in total. The van der Waals surface area contributed by atoms with Crippen molar-refractivity contribution in [3.63, 3.8) is 0 Å². The fraction of sp³-hybridized carbons (Fsp3) is 0.240. The first-order chi connectivity index (χ1) is 16.0. The summed E-state index contributed by atoms with van der Waals surface area (Å²) < 4.78 is 33.2. The minimum absolute atomic E-state index is 0.202. The Morgan fingerprint density at radius 1 is 1.03 bits per heavy atom. The average molecular weight is 483 g/mol. The zero-order valence-corrected chi connectivity index (χ0v) is 20.0. The molecule has 1 amide bonds. The first-order valence-corrected chi connectivity index (χ1v) is 13.2. The molecule has 0 atom stereocenters. The summed E-state index contributed by atoms with van der Waals surface area (Å²) in [6, 6.07) is 21.3. The number of thioether (sulfide) groups is 1. The molecule has 1 aliphatic rings. The Kier molecular flexibility index (Phi) is 7.37. The maximum atomic E-state index is 13.3. The van der Waals surface area contributed by atoms with Crippen molar-refractivity contribution in [2.24, 2.45) is 0 Å². The van der Waals surface area contributed by atoms with E-state index in [-0.39, 0.29) is 10.8 Å². The Labute approximate surface area is 199 Å². The summed E-state index contributed by atoms with van der Waals surface area (Å²) in [4.78, 5) is 13.9. The SMILES string of the molecule is COCCSc1ccccc1C(=O)Nc1ccc(S(=O)(=O)N2CCCc3ccccc32)cc1. The number of carbonyl (C=O) groups excluding carboxylic acids is 1. The third-order valence-corrected chi connectivity index (χ3v) is 8.31. The molecule has 33 heavy (non-hydrogen) atoms. The van der Waals surface area contributed by atoms with Crippen molar-refractivity contribution < 1.29 is 17.9 Å². The normalized spacial score (nSPS) is 13.4. The molecular weight excluding hydrogens is 456 g/mol. The van der Waals surface area contributed by atoms with E-state index in [2.05, 4.69) is 5.32 Å². The van der Waals surface area contributed by atoms with Gasteiger partial charge in [0.2, 0.25) is 0 Å². The van der Waals surface area contributed by atoms with Crippen LogP contribution in [0.4, 0.5) is 11.4 Å². The van der Waals surface area contributed by atoms with Gasteiger partial charge in [0.15, 0.2) is 0 Å². The summed E-state index contributed by atoms with van der Waals surface area (Å²) in [5.41, 5.74) is 2.89. The fourth-order valence-electron chi connectivity index (χ4n) is 3.80. The van der Waals surface area contributed by atoms with Crippen molar-refractivity contribution in [2.45, 2.75) is 22.6 Å². The fourth-order valence-corrected chi connectivity index (χ4v) is 6.30. The smallest absolute Gasteiger partial charge is 0.264 e. The quantitative estimate of drug-likeness (QED) is 0.368. The molecule has 4 rings (SSSR count).